The lowest BCUT2D eigenvalue weighted by molar-refractivity contribution is 0.0727. The average molecular weight is 269 g/mol. The van der Waals surface area contributed by atoms with Crippen LogP contribution in [0, 0.1) is 0 Å². The Morgan fingerprint density at radius 1 is 1.15 bits per heavy atom. The third-order valence-electron chi connectivity index (χ3n) is 3.49. The predicted octanol–water partition coefficient (Wildman–Crippen LogP) is 1.68. The first-order valence-corrected chi connectivity index (χ1v) is 6.51. The molecule has 0 atom stereocenters. The maximum absolute atomic E-state index is 12.4. The van der Waals surface area contributed by atoms with E-state index < -0.39 is 0 Å². The molecule has 0 N–H and O–H groups in total. The van der Waals surface area contributed by atoms with Gasteiger partial charge in [-0.25, -0.2) is 0 Å². The first-order chi connectivity index (χ1) is 9.78. The fraction of sp³-hybridized carbons (Fsp3) is 0.267. The Hall–Kier alpha value is -2.43. The molecule has 0 saturated carbocycles. The molecule has 0 saturated heterocycles. The summed E-state index contributed by atoms with van der Waals surface area (Å²) in [6.07, 6.45) is 0.880. The summed E-state index contributed by atoms with van der Waals surface area (Å²) in [5, 5.41) is 7.75. The highest BCUT2D eigenvalue weighted by molar-refractivity contribution is 5.92. The molecule has 0 radical (unpaired) electrons. The Kier molecular flexibility index (Phi) is 3.33. The van der Waals surface area contributed by atoms with Gasteiger partial charge in [-0.1, -0.05) is 24.3 Å². The molecule has 5 heteroatoms. The SMILES string of the molecule is COc1ccc(C(=O)N2CCc3ccccc3C2)nn1. The number of rotatable bonds is 2. The molecule has 102 valence electrons. The van der Waals surface area contributed by atoms with Crippen LogP contribution in [0.4, 0.5) is 0 Å². The standard InChI is InChI=1S/C15H15N3O2/c1-20-14-7-6-13(16-17-14)15(19)18-9-8-11-4-2-3-5-12(11)10-18/h2-7H,8-10H2,1H3. The molecular formula is C15H15N3O2. The minimum absolute atomic E-state index is 0.0883. The molecular weight excluding hydrogens is 254 g/mol. The number of benzene rings is 1. The van der Waals surface area contributed by atoms with E-state index in [0.29, 0.717) is 24.7 Å². The van der Waals surface area contributed by atoms with Gasteiger partial charge in [0.05, 0.1) is 7.11 Å². The molecule has 5 nitrogen and oxygen atoms in total. The lowest BCUT2D eigenvalue weighted by Crippen LogP contribution is -2.36. The van der Waals surface area contributed by atoms with Gasteiger partial charge in [0, 0.05) is 19.2 Å². The Labute approximate surface area is 117 Å². The number of carbonyl (C=O) groups is 1. The highest BCUT2D eigenvalue weighted by Crippen LogP contribution is 2.19. The summed E-state index contributed by atoms with van der Waals surface area (Å²) >= 11 is 0. The zero-order valence-corrected chi connectivity index (χ0v) is 11.2. The largest absolute Gasteiger partial charge is 0.480 e. The van der Waals surface area contributed by atoms with Crippen molar-refractivity contribution in [3.8, 4) is 5.88 Å². The Balaban J connectivity index is 1.78. The quantitative estimate of drug-likeness (QED) is 0.832. The van der Waals surface area contributed by atoms with Crippen molar-refractivity contribution in [3.05, 3.63) is 53.2 Å². The number of hydrogen-bond acceptors (Lipinski definition) is 4. The van der Waals surface area contributed by atoms with Crippen molar-refractivity contribution in [1.82, 2.24) is 15.1 Å². The second kappa shape index (κ2) is 5.28. The van der Waals surface area contributed by atoms with Gasteiger partial charge in [-0.3, -0.25) is 4.79 Å². The van der Waals surface area contributed by atoms with E-state index in [1.807, 2.05) is 12.1 Å². The molecule has 2 heterocycles. The topological polar surface area (TPSA) is 55.3 Å². The second-order valence-electron chi connectivity index (χ2n) is 4.71. The van der Waals surface area contributed by atoms with Gasteiger partial charge in [0.25, 0.3) is 5.91 Å². The van der Waals surface area contributed by atoms with Crippen LogP contribution in [0.3, 0.4) is 0 Å². The van der Waals surface area contributed by atoms with Crippen LogP contribution in [0.15, 0.2) is 36.4 Å². The first-order valence-electron chi connectivity index (χ1n) is 6.51. The van der Waals surface area contributed by atoms with E-state index in [-0.39, 0.29) is 5.91 Å². The molecule has 1 amide bonds. The molecule has 1 aromatic heterocycles. The molecule has 1 aromatic carbocycles. The van der Waals surface area contributed by atoms with Crippen molar-refractivity contribution in [2.45, 2.75) is 13.0 Å². The van der Waals surface area contributed by atoms with Gasteiger partial charge < -0.3 is 9.64 Å². The normalized spacial score (nSPS) is 13.8. The van der Waals surface area contributed by atoms with Gasteiger partial charge in [0.1, 0.15) is 0 Å². The molecule has 0 fully saturated rings. The highest BCUT2D eigenvalue weighted by Gasteiger charge is 2.22. The van der Waals surface area contributed by atoms with Gasteiger partial charge in [-0.15, -0.1) is 10.2 Å². The maximum atomic E-state index is 12.4. The van der Waals surface area contributed by atoms with Crippen LogP contribution in [0.1, 0.15) is 21.6 Å². The van der Waals surface area contributed by atoms with E-state index in [9.17, 15) is 4.79 Å². The smallest absolute Gasteiger partial charge is 0.274 e. The maximum Gasteiger partial charge on any atom is 0.274 e. The lowest BCUT2D eigenvalue weighted by atomic mass is 10.00. The van der Waals surface area contributed by atoms with Crippen LogP contribution >= 0.6 is 0 Å². The van der Waals surface area contributed by atoms with E-state index in [4.69, 9.17) is 4.74 Å². The number of aromatic nitrogens is 2. The zero-order valence-electron chi connectivity index (χ0n) is 11.2. The number of methoxy groups -OCH3 is 1. The summed E-state index contributed by atoms with van der Waals surface area (Å²) in [6.45, 7) is 1.34. The fourth-order valence-electron chi connectivity index (χ4n) is 2.37. The molecule has 0 aliphatic carbocycles. The number of nitrogens with zero attached hydrogens (tertiary/aromatic N) is 3. The summed E-state index contributed by atoms with van der Waals surface area (Å²) in [4.78, 5) is 14.2. The number of carbonyl (C=O) groups excluding carboxylic acids is 1. The van der Waals surface area contributed by atoms with Gasteiger partial charge in [-0.2, -0.15) is 0 Å². The average Bonchev–Trinajstić information content (AvgIpc) is 2.54. The summed E-state index contributed by atoms with van der Waals surface area (Å²) in [6, 6.07) is 11.5. The minimum Gasteiger partial charge on any atom is -0.480 e. The van der Waals surface area contributed by atoms with Gasteiger partial charge in [0.15, 0.2) is 5.69 Å². The highest BCUT2D eigenvalue weighted by atomic mass is 16.5. The molecule has 2 aromatic rings. The summed E-state index contributed by atoms with van der Waals surface area (Å²) < 4.78 is 4.94. The van der Waals surface area contributed by atoms with Crippen LogP contribution < -0.4 is 4.74 Å². The van der Waals surface area contributed by atoms with Crippen molar-refractivity contribution in [3.63, 3.8) is 0 Å². The van der Waals surface area contributed by atoms with E-state index in [0.717, 1.165) is 6.42 Å². The molecule has 3 rings (SSSR count). The van der Waals surface area contributed by atoms with Crippen LogP contribution in [-0.4, -0.2) is 34.7 Å². The van der Waals surface area contributed by atoms with Crippen molar-refractivity contribution in [2.75, 3.05) is 13.7 Å². The van der Waals surface area contributed by atoms with E-state index >= 15 is 0 Å². The van der Waals surface area contributed by atoms with E-state index in [1.54, 1.807) is 17.0 Å². The molecule has 0 bridgehead atoms. The van der Waals surface area contributed by atoms with Crippen molar-refractivity contribution in [2.24, 2.45) is 0 Å². The number of fused-ring (bicyclic) bond motifs is 1. The lowest BCUT2D eigenvalue weighted by Gasteiger charge is -2.28. The monoisotopic (exact) mass is 269 g/mol. The fourth-order valence-corrected chi connectivity index (χ4v) is 2.37. The molecule has 20 heavy (non-hydrogen) atoms. The van der Waals surface area contributed by atoms with E-state index in [1.165, 1.54) is 18.2 Å². The summed E-state index contributed by atoms with van der Waals surface area (Å²) in [7, 11) is 1.52. The number of amides is 1. The summed E-state index contributed by atoms with van der Waals surface area (Å²) in [5.74, 6) is 0.320. The third kappa shape index (κ3) is 2.34. The second-order valence-corrected chi connectivity index (χ2v) is 4.71. The van der Waals surface area contributed by atoms with E-state index in [2.05, 4.69) is 22.3 Å². The van der Waals surface area contributed by atoms with Crippen LogP contribution in [-0.2, 0) is 13.0 Å². The molecule has 1 aliphatic heterocycles. The molecule has 1 aliphatic rings. The Bertz CT molecular complexity index is 625. The first kappa shape index (κ1) is 12.6. The summed E-state index contributed by atoms with van der Waals surface area (Å²) in [5.41, 5.74) is 2.87. The van der Waals surface area contributed by atoms with Gasteiger partial charge in [0.2, 0.25) is 5.88 Å². The number of ether oxygens (including phenoxy) is 1. The van der Waals surface area contributed by atoms with Crippen LogP contribution in [0.5, 0.6) is 5.88 Å². The number of hydrogen-bond donors (Lipinski definition) is 0. The zero-order chi connectivity index (χ0) is 13.9. The Morgan fingerprint density at radius 2 is 1.95 bits per heavy atom. The predicted molar refractivity (Wildman–Crippen MR) is 73.5 cm³/mol. The van der Waals surface area contributed by atoms with Crippen molar-refractivity contribution in [1.29, 1.82) is 0 Å². The minimum atomic E-state index is -0.0883. The van der Waals surface area contributed by atoms with Gasteiger partial charge in [-0.05, 0) is 23.6 Å². The van der Waals surface area contributed by atoms with Crippen molar-refractivity contribution < 1.29 is 9.53 Å². The molecule has 0 unspecified atom stereocenters. The Morgan fingerprint density at radius 3 is 2.65 bits per heavy atom. The third-order valence-corrected chi connectivity index (χ3v) is 3.49. The van der Waals surface area contributed by atoms with Crippen molar-refractivity contribution >= 4 is 5.91 Å². The van der Waals surface area contributed by atoms with Crippen LogP contribution in [0.25, 0.3) is 0 Å². The molecule has 0 spiro atoms. The van der Waals surface area contributed by atoms with Crippen LogP contribution in [0.2, 0.25) is 0 Å². The van der Waals surface area contributed by atoms with Gasteiger partial charge >= 0.3 is 0 Å².